The van der Waals surface area contributed by atoms with Crippen molar-refractivity contribution in [1.29, 1.82) is 0 Å². The third-order valence-corrected chi connectivity index (χ3v) is 4.19. The lowest BCUT2D eigenvalue weighted by Gasteiger charge is -2.05. The molecule has 0 unspecified atom stereocenters. The van der Waals surface area contributed by atoms with Crippen LogP contribution < -0.4 is 5.32 Å². The maximum atomic E-state index is 3.59. The van der Waals surface area contributed by atoms with Crippen molar-refractivity contribution in [3.05, 3.63) is 36.8 Å². The van der Waals surface area contributed by atoms with Gasteiger partial charge < -0.3 is 5.32 Å². The Labute approximate surface area is 145 Å². The van der Waals surface area contributed by atoms with Gasteiger partial charge in [-0.1, -0.05) is 64.5 Å². The third kappa shape index (κ3) is 21.0. The van der Waals surface area contributed by atoms with Crippen molar-refractivity contribution in [2.45, 2.75) is 89.9 Å². The molecule has 0 heterocycles. The lowest BCUT2D eigenvalue weighted by molar-refractivity contribution is 0.540. The maximum absolute atomic E-state index is 3.59. The molecule has 0 aliphatic heterocycles. The molecule has 0 atom stereocenters. The van der Waals surface area contributed by atoms with Crippen molar-refractivity contribution in [2.24, 2.45) is 0 Å². The van der Waals surface area contributed by atoms with Crippen molar-refractivity contribution in [3.63, 3.8) is 0 Å². The second-order valence-electron chi connectivity index (χ2n) is 6.39. The van der Waals surface area contributed by atoms with E-state index in [1.807, 2.05) is 12.2 Å². The number of nitrogens with one attached hydrogen (secondary N) is 1. The monoisotopic (exact) mass is 317 g/mol. The van der Waals surface area contributed by atoms with E-state index in [0.29, 0.717) is 0 Å². The van der Waals surface area contributed by atoms with Crippen molar-refractivity contribution < 1.29 is 0 Å². The van der Waals surface area contributed by atoms with Gasteiger partial charge in [-0.2, -0.15) is 0 Å². The molecule has 0 aliphatic carbocycles. The molecule has 0 aromatic carbocycles. The standard InChI is InChI=1S/C22H39N/c1-3-5-7-9-11-13-15-17-19-21-23-22-20-18-16-14-12-10-8-6-4-2/h5-6,23H,1-2,7-22H2. The van der Waals surface area contributed by atoms with Crippen molar-refractivity contribution in [1.82, 2.24) is 5.32 Å². The average Bonchev–Trinajstić information content (AvgIpc) is 2.57. The highest BCUT2D eigenvalue weighted by atomic mass is 14.8. The van der Waals surface area contributed by atoms with Crippen LogP contribution in [-0.4, -0.2) is 13.1 Å². The topological polar surface area (TPSA) is 12.0 Å². The molecule has 0 rings (SSSR count). The van der Waals surface area contributed by atoms with Gasteiger partial charge >= 0.3 is 0 Å². The summed E-state index contributed by atoms with van der Waals surface area (Å²) >= 11 is 0. The molecule has 0 aromatic heterocycles. The Bertz CT molecular complexity index is 287. The van der Waals surface area contributed by atoms with E-state index < -0.39 is 0 Å². The predicted octanol–water partition coefficient (Wildman–Crippen LogP) is 6.72. The fourth-order valence-corrected chi connectivity index (χ4v) is 2.74. The van der Waals surface area contributed by atoms with Crippen molar-refractivity contribution >= 4 is 0 Å². The molecule has 0 saturated heterocycles. The van der Waals surface area contributed by atoms with Crippen molar-refractivity contribution in [2.75, 3.05) is 13.1 Å². The molecular formula is C22H39N. The Morgan fingerprint density at radius 1 is 0.522 bits per heavy atom. The molecule has 0 saturated carbocycles. The fourth-order valence-electron chi connectivity index (χ4n) is 2.74. The van der Waals surface area contributed by atoms with Gasteiger partial charge in [0.1, 0.15) is 0 Å². The minimum atomic E-state index is 1.15. The van der Waals surface area contributed by atoms with E-state index in [-0.39, 0.29) is 0 Å². The molecule has 0 radical (unpaired) electrons. The number of rotatable bonds is 18. The van der Waals surface area contributed by atoms with Gasteiger partial charge in [0.25, 0.3) is 0 Å². The van der Waals surface area contributed by atoms with Crippen LogP contribution in [0.5, 0.6) is 0 Å². The zero-order valence-electron chi connectivity index (χ0n) is 15.4. The van der Waals surface area contributed by atoms with E-state index in [1.165, 1.54) is 90.1 Å². The van der Waals surface area contributed by atoms with Gasteiger partial charge in [0.05, 0.1) is 0 Å². The predicted molar refractivity (Wildman–Crippen MR) is 105 cm³/mol. The molecule has 0 spiro atoms. The molecule has 0 bridgehead atoms. The third-order valence-electron chi connectivity index (χ3n) is 4.19. The lowest BCUT2D eigenvalue weighted by Crippen LogP contribution is -2.16. The molecule has 0 fully saturated rings. The van der Waals surface area contributed by atoms with Gasteiger partial charge in [-0.3, -0.25) is 0 Å². The Balaban J connectivity index is 2.99. The van der Waals surface area contributed by atoms with Crippen LogP contribution in [0.25, 0.3) is 0 Å². The Kier molecular flexibility index (Phi) is 20.1. The first-order chi connectivity index (χ1) is 11.4. The van der Waals surface area contributed by atoms with Gasteiger partial charge in [-0.25, -0.2) is 0 Å². The molecule has 0 amide bonds. The molecule has 0 aliphatic rings. The molecule has 1 nitrogen and oxygen atoms in total. The maximum Gasteiger partial charge on any atom is -0.00489 e. The van der Waals surface area contributed by atoms with Crippen LogP contribution >= 0.6 is 0 Å². The number of hydrogen-bond acceptors (Lipinski definition) is 1. The lowest BCUT2D eigenvalue weighted by atomic mass is 10.1. The first-order valence-corrected chi connectivity index (χ1v) is 9.81. The zero-order chi connectivity index (χ0) is 16.8. The van der Waals surface area contributed by atoms with E-state index in [9.17, 15) is 0 Å². The fraction of sp³-hybridized carbons (Fsp3) is 0.727. The highest BCUT2D eigenvalue weighted by molar-refractivity contribution is 4.75. The van der Waals surface area contributed by atoms with Crippen LogP contribution in [-0.2, 0) is 0 Å². The summed E-state index contributed by atoms with van der Waals surface area (Å²) in [7, 11) is 0. The van der Waals surface area contributed by atoms with E-state index in [2.05, 4.69) is 29.9 Å². The molecule has 132 valence electrons. The SMILES string of the molecule is C=C=CCCCCCCCCNCCCCCCCCC=C=C. The zero-order valence-corrected chi connectivity index (χ0v) is 15.4. The van der Waals surface area contributed by atoms with E-state index in [0.717, 1.165) is 12.8 Å². The second-order valence-corrected chi connectivity index (χ2v) is 6.39. The highest BCUT2D eigenvalue weighted by Crippen LogP contribution is 2.08. The quantitative estimate of drug-likeness (QED) is 0.218. The highest BCUT2D eigenvalue weighted by Gasteiger charge is 1.93. The normalized spacial score (nSPS) is 10.1. The van der Waals surface area contributed by atoms with Crippen molar-refractivity contribution in [3.8, 4) is 0 Å². The summed E-state index contributed by atoms with van der Waals surface area (Å²) in [6.07, 6.45) is 22.7. The largest absolute Gasteiger partial charge is 0.317 e. The van der Waals surface area contributed by atoms with Crippen LogP contribution in [0.2, 0.25) is 0 Å². The Morgan fingerprint density at radius 2 is 0.870 bits per heavy atom. The summed E-state index contributed by atoms with van der Waals surface area (Å²) < 4.78 is 0. The molecule has 0 aromatic rings. The smallest absolute Gasteiger partial charge is 0.00489 e. The minimum absolute atomic E-state index is 1.15. The molecule has 23 heavy (non-hydrogen) atoms. The van der Waals surface area contributed by atoms with Gasteiger partial charge in [0.2, 0.25) is 0 Å². The van der Waals surface area contributed by atoms with Crippen LogP contribution in [0, 0.1) is 0 Å². The van der Waals surface area contributed by atoms with Crippen LogP contribution in [0.4, 0.5) is 0 Å². The van der Waals surface area contributed by atoms with E-state index in [1.54, 1.807) is 0 Å². The summed E-state index contributed by atoms with van der Waals surface area (Å²) in [5.41, 5.74) is 5.67. The Morgan fingerprint density at radius 3 is 1.26 bits per heavy atom. The summed E-state index contributed by atoms with van der Waals surface area (Å²) in [6.45, 7) is 9.57. The first kappa shape index (κ1) is 22.0. The summed E-state index contributed by atoms with van der Waals surface area (Å²) in [5.74, 6) is 0. The van der Waals surface area contributed by atoms with Gasteiger partial charge in [0.15, 0.2) is 0 Å². The molecule has 1 heteroatoms. The first-order valence-electron chi connectivity index (χ1n) is 9.81. The number of allylic oxidation sites excluding steroid dienone is 2. The Hall–Kier alpha value is -1.00. The number of unbranched alkanes of at least 4 members (excludes halogenated alkanes) is 12. The van der Waals surface area contributed by atoms with Crippen LogP contribution in [0.3, 0.4) is 0 Å². The molecule has 1 N–H and O–H groups in total. The van der Waals surface area contributed by atoms with E-state index >= 15 is 0 Å². The summed E-state index contributed by atoms with van der Waals surface area (Å²) in [4.78, 5) is 0. The van der Waals surface area contributed by atoms with E-state index in [4.69, 9.17) is 0 Å². The minimum Gasteiger partial charge on any atom is -0.317 e. The van der Waals surface area contributed by atoms with Gasteiger partial charge in [-0.05, 0) is 63.8 Å². The van der Waals surface area contributed by atoms with Crippen LogP contribution in [0.15, 0.2) is 36.8 Å². The summed E-state index contributed by atoms with van der Waals surface area (Å²) in [6, 6.07) is 0. The summed E-state index contributed by atoms with van der Waals surface area (Å²) in [5, 5.41) is 3.58. The second kappa shape index (κ2) is 21.0. The van der Waals surface area contributed by atoms with Gasteiger partial charge in [0, 0.05) is 0 Å². The van der Waals surface area contributed by atoms with Crippen LogP contribution in [0.1, 0.15) is 89.9 Å². The number of hydrogen-bond donors (Lipinski definition) is 1. The van der Waals surface area contributed by atoms with Gasteiger partial charge in [-0.15, -0.1) is 11.5 Å². The average molecular weight is 318 g/mol. The molecular weight excluding hydrogens is 278 g/mol.